The summed E-state index contributed by atoms with van der Waals surface area (Å²) < 4.78 is 1.76. The van der Waals surface area contributed by atoms with Crippen molar-refractivity contribution in [3.05, 3.63) is 11.9 Å². The minimum Gasteiger partial charge on any atom is -0.314 e. The topological polar surface area (TPSA) is 42.7 Å². The molecule has 0 aliphatic rings. The first-order valence-corrected chi connectivity index (χ1v) is 6.02. The second kappa shape index (κ2) is 5.43. The lowest BCUT2D eigenvalue weighted by Crippen LogP contribution is -2.40. The molecule has 0 saturated heterocycles. The Kier molecular flexibility index (Phi) is 4.47. The van der Waals surface area contributed by atoms with Gasteiger partial charge in [0, 0.05) is 19.3 Å². The Morgan fingerprint density at radius 1 is 1.44 bits per heavy atom. The van der Waals surface area contributed by atoms with E-state index in [4.69, 9.17) is 0 Å². The van der Waals surface area contributed by atoms with Crippen LogP contribution in [0.4, 0.5) is 0 Å². The molecule has 0 spiro atoms. The standard InChI is InChI=1S/C12H24N4/c1-6-13-11(12(2,3)4)8-7-10-9-16(5)15-14-10/h9,11,13H,6-8H2,1-5H3. The number of rotatable bonds is 5. The van der Waals surface area contributed by atoms with Crippen molar-refractivity contribution in [2.75, 3.05) is 6.54 Å². The molecule has 0 saturated carbocycles. The van der Waals surface area contributed by atoms with Gasteiger partial charge in [-0.15, -0.1) is 5.10 Å². The summed E-state index contributed by atoms with van der Waals surface area (Å²) in [5.74, 6) is 0. The van der Waals surface area contributed by atoms with Crippen molar-refractivity contribution in [1.82, 2.24) is 20.3 Å². The predicted molar refractivity (Wildman–Crippen MR) is 66.2 cm³/mol. The maximum absolute atomic E-state index is 4.12. The van der Waals surface area contributed by atoms with Gasteiger partial charge in [-0.3, -0.25) is 4.68 Å². The Hall–Kier alpha value is -0.900. The monoisotopic (exact) mass is 224 g/mol. The molecule has 4 heteroatoms. The average molecular weight is 224 g/mol. The van der Waals surface area contributed by atoms with Crippen LogP contribution in [0.1, 0.15) is 39.8 Å². The van der Waals surface area contributed by atoms with Crippen molar-refractivity contribution >= 4 is 0 Å². The van der Waals surface area contributed by atoms with Crippen LogP contribution in [0.15, 0.2) is 6.20 Å². The number of aryl methyl sites for hydroxylation is 2. The third kappa shape index (κ3) is 3.93. The molecule has 0 radical (unpaired) electrons. The molecule has 1 aromatic heterocycles. The molecule has 0 aliphatic heterocycles. The van der Waals surface area contributed by atoms with Gasteiger partial charge in [0.05, 0.1) is 5.69 Å². The van der Waals surface area contributed by atoms with Gasteiger partial charge in [-0.2, -0.15) is 0 Å². The van der Waals surface area contributed by atoms with Crippen molar-refractivity contribution in [2.45, 2.75) is 46.6 Å². The first kappa shape index (κ1) is 13.2. The van der Waals surface area contributed by atoms with Gasteiger partial charge in [0.1, 0.15) is 0 Å². The quantitative estimate of drug-likeness (QED) is 0.829. The normalized spacial score (nSPS) is 14.1. The van der Waals surface area contributed by atoms with Gasteiger partial charge >= 0.3 is 0 Å². The molecule has 0 fully saturated rings. The van der Waals surface area contributed by atoms with E-state index in [1.54, 1.807) is 4.68 Å². The zero-order chi connectivity index (χ0) is 12.2. The van der Waals surface area contributed by atoms with Gasteiger partial charge in [0.2, 0.25) is 0 Å². The summed E-state index contributed by atoms with van der Waals surface area (Å²) in [4.78, 5) is 0. The lowest BCUT2D eigenvalue weighted by Gasteiger charge is -2.31. The predicted octanol–water partition coefficient (Wildman–Crippen LogP) is 1.77. The fourth-order valence-corrected chi connectivity index (χ4v) is 1.89. The number of nitrogens with one attached hydrogen (secondary N) is 1. The summed E-state index contributed by atoms with van der Waals surface area (Å²) in [6.07, 6.45) is 4.09. The molecule has 0 bridgehead atoms. The Morgan fingerprint density at radius 3 is 2.56 bits per heavy atom. The first-order valence-electron chi connectivity index (χ1n) is 6.02. The number of aromatic nitrogens is 3. The molecule has 92 valence electrons. The first-order chi connectivity index (χ1) is 7.43. The number of hydrogen-bond donors (Lipinski definition) is 1. The van der Waals surface area contributed by atoms with Crippen LogP contribution in [0, 0.1) is 5.41 Å². The average Bonchev–Trinajstić information content (AvgIpc) is 2.57. The van der Waals surface area contributed by atoms with E-state index < -0.39 is 0 Å². The van der Waals surface area contributed by atoms with E-state index in [9.17, 15) is 0 Å². The van der Waals surface area contributed by atoms with Crippen LogP contribution in [0.25, 0.3) is 0 Å². The summed E-state index contributed by atoms with van der Waals surface area (Å²) in [6.45, 7) is 9.99. The summed E-state index contributed by atoms with van der Waals surface area (Å²) >= 11 is 0. The fourth-order valence-electron chi connectivity index (χ4n) is 1.89. The van der Waals surface area contributed by atoms with Crippen LogP contribution in [-0.4, -0.2) is 27.6 Å². The molecule has 1 N–H and O–H groups in total. The maximum atomic E-state index is 4.12. The van der Waals surface area contributed by atoms with E-state index >= 15 is 0 Å². The molecule has 0 aliphatic carbocycles. The summed E-state index contributed by atoms with van der Waals surface area (Å²) in [5.41, 5.74) is 1.37. The highest BCUT2D eigenvalue weighted by Crippen LogP contribution is 2.22. The largest absolute Gasteiger partial charge is 0.314 e. The van der Waals surface area contributed by atoms with Crippen LogP contribution < -0.4 is 5.32 Å². The highest BCUT2D eigenvalue weighted by Gasteiger charge is 2.23. The van der Waals surface area contributed by atoms with E-state index in [2.05, 4.69) is 43.3 Å². The SMILES string of the molecule is CCNC(CCc1cn(C)nn1)C(C)(C)C. The van der Waals surface area contributed by atoms with Gasteiger partial charge in [0.15, 0.2) is 0 Å². The molecule has 1 atom stereocenters. The lowest BCUT2D eigenvalue weighted by atomic mass is 9.84. The van der Waals surface area contributed by atoms with Crippen LogP contribution in [0.5, 0.6) is 0 Å². The Bertz CT molecular complexity index is 311. The van der Waals surface area contributed by atoms with Crippen molar-refractivity contribution in [3.8, 4) is 0 Å². The smallest absolute Gasteiger partial charge is 0.0827 e. The van der Waals surface area contributed by atoms with E-state index in [1.807, 2.05) is 13.2 Å². The maximum Gasteiger partial charge on any atom is 0.0827 e. The van der Waals surface area contributed by atoms with Gasteiger partial charge in [-0.1, -0.05) is 32.9 Å². The van der Waals surface area contributed by atoms with E-state index in [0.717, 1.165) is 25.1 Å². The molecule has 1 rings (SSSR count). The lowest BCUT2D eigenvalue weighted by molar-refractivity contribution is 0.258. The third-order valence-corrected chi connectivity index (χ3v) is 2.84. The second-order valence-corrected chi connectivity index (χ2v) is 5.40. The van der Waals surface area contributed by atoms with Crippen molar-refractivity contribution < 1.29 is 0 Å². The highest BCUT2D eigenvalue weighted by atomic mass is 15.4. The molecule has 4 nitrogen and oxygen atoms in total. The van der Waals surface area contributed by atoms with Gasteiger partial charge < -0.3 is 5.32 Å². The van der Waals surface area contributed by atoms with Crippen LogP contribution in [-0.2, 0) is 13.5 Å². The Morgan fingerprint density at radius 2 is 2.12 bits per heavy atom. The number of hydrogen-bond acceptors (Lipinski definition) is 3. The zero-order valence-corrected chi connectivity index (χ0v) is 11.1. The van der Waals surface area contributed by atoms with E-state index in [1.165, 1.54) is 0 Å². The van der Waals surface area contributed by atoms with Gasteiger partial charge in [-0.25, -0.2) is 0 Å². The van der Waals surface area contributed by atoms with E-state index in [0.29, 0.717) is 6.04 Å². The van der Waals surface area contributed by atoms with Crippen LogP contribution >= 0.6 is 0 Å². The molecule has 16 heavy (non-hydrogen) atoms. The van der Waals surface area contributed by atoms with Crippen molar-refractivity contribution in [3.63, 3.8) is 0 Å². The van der Waals surface area contributed by atoms with Gasteiger partial charge in [-0.05, 0) is 24.8 Å². The van der Waals surface area contributed by atoms with Gasteiger partial charge in [0.25, 0.3) is 0 Å². The fraction of sp³-hybridized carbons (Fsp3) is 0.833. The minimum absolute atomic E-state index is 0.290. The summed E-state index contributed by atoms with van der Waals surface area (Å²) in [5, 5.41) is 11.6. The second-order valence-electron chi connectivity index (χ2n) is 5.40. The number of nitrogens with zero attached hydrogens (tertiary/aromatic N) is 3. The molecule has 0 amide bonds. The van der Waals surface area contributed by atoms with Crippen LogP contribution in [0.3, 0.4) is 0 Å². The third-order valence-electron chi connectivity index (χ3n) is 2.84. The molecular formula is C12H24N4. The minimum atomic E-state index is 0.290. The zero-order valence-electron chi connectivity index (χ0n) is 11.1. The molecule has 1 unspecified atom stereocenters. The summed E-state index contributed by atoms with van der Waals surface area (Å²) in [7, 11) is 1.90. The van der Waals surface area contributed by atoms with E-state index in [-0.39, 0.29) is 5.41 Å². The van der Waals surface area contributed by atoms with Crippen molar-refractivity contribution in [2.24, 2.45) is 12.5 Å². The van der Waals surface area contributed by atoms with Crippen LogP contribution in [0.2, 0.25) is 0 Å². The molecule has 1 heterocycles. The highest BCUT2D eigenvalue weighted by molar-refractivity contribution is 4.94. The molecule has 1 aromatic rings. The van der Waals surface area contributed by atoms with Crippen molar-refractivity contribution in [1.29, 1.82) is 0 Å². The molecular weight excluding hydrogens is 200 g/mol. The Balaban J connectivity index is 2.50. The molecule has 0 aromatic carbocycles. The Labute approximate surface area is 98.4 Å². The summed E-state index contributed by atoms with van der Waals surface area (Å²) in [6, 6.07) is 0.527.